The molecule has 1 unspecified atom stereocenters. The van der Waals surface area contributed by atoms with Crippen LogP contribution < -0.4 is 5.73 Å². The van der Waals surface area contributed by atoms with Gasteiger partial charge in [-0.2, -0.15) is 0 Å². The molecule has 134 valence electrons. The first-order valence-corrected chi connectivity index (χ1v) is 8.32. The first kappa shape index (κ1) is 19.0. The van der Waals surface area contributed by atoms with Crippen molar-refractivity contribution in [1.29, 1.82) is 0 Å². The number of allylic oxidation sites excluding steroid dienone is 8. The van der Waals surface area contributed by atoms with Gasteiger partial charge in [0.05, 0.1) is 5.70 Å². The van der Waals surface area contributed by atoms with E-state index in [1.54, 1.807) is 35.3 Å². The molecule has 1 aromatic heterocycles. The molecular weight excluding hydrogens is 322 g/mol. The van der Waals surface area contributed by atoms with Crippen molar-refractivity contribution < 1.29 is 8.78 Å². The third-order valence-electron chi connectivity index (χ3n) is 3.73. The number of hydrogen-bond acceptors (Lipinski definition) is 3. The third-order valence-corrected chi connectivity index (χ3v) is 3.73. The van der Waals surface area contributed by atoms with Crippen molar-refractivity contribution in [2.75, 3.05) is 0 Å². The van der Waals surface area contributed by atoms with Crippen LogP contribution >= 0.6 is 0 Å². The highest BCUT2D eigenvalue weighted by Crippen LogP contribution is 2.20. The first-order chi connectivity index (χ1) is 11.9. The fourth-order valence-electron chi connectivity index (χ4n) is 2.38. The van der Waals surface area contributed by atoms with E-state index in [1.807, 2.05) is 12.2 Å². The molecule has 1 heterocycles. The second-order valence-corrected chi connectivity index (χ2v) is 6.11. The number of rotatable bonds is 7. The molecule has 2 N–H and O–H groups in total. The first-order valence-electron chi connectivity index (χ1n) is 8.32. The number of nitrogens with zero attached hydrogens (tertiary/aromatic N) is 3. The van der Waals surface area contributed by atoms with Crippen LogP contribution in [0, 0.1) is 0 Å². The maximum absolute atomic E-state index is 12.9. The van der Waals surface area contributed by atoms with Crippen LogP contribution in [-0.4, -0.2) is 26.7 Å². The molecule has 0 radical (unpaired) electrons. The summed E-state index contributed by atoms with van der Waals surface area (Å²) in [6.45, 7) is 4.60. The molecule has 1 aliphatic carbocycles. The van der Waals surface area contributed by atoms with Crippen molar-refractivity contribution in [3.8, 4) is 0 Å². The Bertz CT molecular complexity index is 705. The fraction of sp³-hybridized carbons (Fsp3) is 0.368. The Labute approximate surface area is 147 Å². The Morgan fingerprint density at radius 3 is 3.04 bits per heavy atom. The Morgan fingerprint density at radius 2 is 2.32 bits per heavy atom. The number of aromatic nitrogens is 3. The van der Waals surface area contributed by atoms with Gasteiger partial charge in [0, 0.05) is 18.0 Å². The van der Waals surface area contributed by atoms with Crippen LogP contribution in [0.5, 0.6) is 0 Å². The van der Waals surface area contributed by atoms with Crippen LogP contribution in [-0.2, 0) is 0 Å². The lowest BCUT2D eigenvalue weighted by Crippen LogP contribution is -2.15. The van der Waals surface area contributed by atoms with E-state index in [0.29, 0.717) is 11.5 Å². The second-order valence-electron chi connectivity index (χ2n) is 6.11. The summed E-state index contributed by atoms with van der Waals surface area (Å²) in [6, 6.07) is 0.0479. The Kier molecular flexibility index (Phi) is 6.58. The zero-order valence-corrected chi connectivity index (χ0v) is 14.4. The van der Waals surface area contributed by atoms with Gasteiger partial charge in [-0.1, -0.05) is 37.0 Å². The molecule has 1 atom stereocenters. The van der Waals surface area contributed by atoms with Crippen molar-refractivity contribution in [3.63, 3.8) is 0 Å². The second kappa shape index (κ2) is 8.67. The predicted molar refractivity (Wildman–Crippen MR) is 97.8 cm³/mol. The molecule has 0 aliphatic heterocycles. The molecule has 2 rings (SSSR count). The summed E-state index contributed by atoms with van der Waals surface area (Å²) in [6.07, 6.45) is 16.3. The van der Waals surface area contributed by atoms with Crippen molar-refractivity contribution >= 4 is 11.3 Å². The average molecular weight is 346 g/mol. The Hall–Kier alpha value is -2.34. The molecule has 0 saturated heterocycles. The Morgan fingerprint density at radius 1 is 1.52 bits per heavy atom. The highest BCUT2D eigenvalue weighted by molar-refractivity contribution is 5.70. The van der Waals surface area contributed by atoms with Crippen LogP contribution in [0.1, 0.15) is 38.4 Å². The lowest BCUT2D eigenvalue weighted by Gasteiger charge is -2.07. The van der Waals surface area contributed by atoms with Crippen molar-refractivity contribution in [1.82, 2.24) is 14.8 Å². The van der Waals surface area contributed by atoms with Gasteiger partial charge in [-0.3, -0.25) is 0 Å². The molecule has 25 heavy (non-hydrogen) atoms. The fourth-order valence-corrected chi connectivity index (χ4v) is 2.38. The van der Waals surface area contributed by atoms with Gasteiger partial charge in [0.2, 0.25) is 5.92 Å². The molecule has 0 aromatic carbocycles. The van der Waals surface area contributed by atoms with Gasteiger partial charge in [0.15, 0.2) is 5.82 Å². The van der Waals surface area contributed by atoms with E-state index in [1.165, 1.54) is 0 Å². The van der Waals surface area contributed by atoms with Gasteiger partial charge in [0.25, 0.3) is 0 Å². The van der Waals surface area contributed by atoms with Gasteiger partial charge < -0.3 is 5.73 Å². The highest BCUT2D eigenvalue weighted by Gasteiger charge is 2.19. The van der Waals surface area contributed by atoms with E-state index >= 15 is 0 Å². The lowest BCUT2D eigenvalue weighted by molar-refractivity contribution is 0.0140. The number of nitrogens with two attached hydrogens (primary N) is 1. The zero-order valence-electron chi connectivity index (χ0n) is 14.4. The summed E-state index contributed by atoms with van der Waals surface area (Å²) < 4.78 is 27.4. The minimum atomic E-state index is -2.66. The molecule has 0 saturated carbocycles. The topological polar surface area (TPSA) is 56.7 Å². The van der Waals surface area contributed by atoms with Gasteiger partial charge in [-0.25, -0.2) is 18.4 Å². The van der Waals surface area contributed by atoms with E-state index in [2.05, 4.69) is 22.7 Å². The molecule has 0 bridgehead atoms. The van der Waals surface area contributed by atoms with Crippen LogP contribution in [0.2, 0.25) is 0 Å². The molecule has 1 aromatic rings. The van der Waals surface area contributed by atoms with Crippen molar-refractivity contribution in [3.05, 3.63) is 61.3 Å². The van der Waals surface area contributed by atoms with E-state index in [4.69, 9.17) is 5.73 Å². The van der Waals surface area contributed by atoms with E-state index < -0.39 is 5.92 Å². The number of hydrogen-bond donors (Lipinski definition) is 1. The summed E-state index contributed by atoms with van der Waals surface area (Å²) in [5, 5.41) is 4.48. The zero-order chi connectivity index (χ0) is 18.3. The summed E-state index contributed by atoms with van der Waals surface area (Å²) in [5.41, 5.74) is 7.56. The van der Waals surface area contributed by atoms with Crippen LogP contribution in [0.25, 0.3) is 11.3 Å². The van der Waals surface area contributed by atoms with Crippen LogP contribution in [0.4, 0.5) is 8.78 Å². The monoisotopic (exact) mass is 346 g/mol. The summed E-state index contributed by atoms with van der Waals surface area (Å²) >= 11 is 0. The number of alkyl halides is 2. The van der Waals surface area contributed by atoms with Gasteiger partial charge in [0.1, 0.15) is 6.33 Å². The largest absolute Gasteiger partial charge is 0.324 e. The molecule has 6 heteroatoms. The lowest BCUT2D eigenvalue weighted by atomic mass is 10.2. The highest BCUT2D eigenvalue weighted by atomic mass is 19.3. The Balaban J connectivity index is 2.13. The van der Waals surface area contributed by atoms with Crippen LogP contribution in [0.3, 0.4) is 0 Å². The molecule has 0 spiro atoms. The predicted octanol–water partition coefficient (Wildman–Crippen LogP) is 4.36. The average Bonchev–Trinajstić information content (AvgIpc) is 2.92. The minimum absolute atomic E-state index is 0.0479. The third kappa shape index (κ3) is 6.23. The molecular formula is C19H24F2N4. The maximum Gasteiger partial charge on any atom is 0.245 e. The van der Waals surface area contributed by atoms with Crippen LogP contribution in [0.15, 0.2) is 55.4 Å². The quantitative estimate of drug-likeness (QED) is 0.747. The van der Waals surface area contributed by atoms with Gasteiger partial charge in [-0.05, 0) is 38.3 Å². The van der Waals surface area contributed by atoms with Crippen molar-refractivity contribution in [2.24, 2.45) is 5.73 Å². The van der Waals surface area contributed by atoms with E-state index in [-0.39, 0.29) is 18.9 Å². The molecule has 4 nitrogen and oxygen atoms in total. The van der Waals surface area contributed by atoms with E-state index in [0.717, 1.165) is 25.3 Å². The molecule has 0 fully saturated rings. The van der Waals surface area contributed by atoms with E-state index in [9.17, 15) is 8.78 Å². The molecule has 0 amide bonds. The standard InChI is InChI=1S/C19H24F2N4/c1-3-7-17(10-4-5-13-19(2,20)21)25-14-23-18(24-25)15-8-6-9-16(22)12-11-15/h3-4,7-8,10-12,14,16H,1,5-6,9,13,22H2,2H3/b10-4-,17-7+. The normalized spacial score (nSPS) is 19.1. The summed E-state index contributed by atoms with van der Waals surface area (Å²) in [7, 11) is 0. The van der Waals surface area contributed by atoms with Crippen molar-refractivity contribution in [2.45, 2.75) is 44.6 Å². The van der Waals surface area contributed by atoms with Gasteiger partial charge in [-0.15, -0.1) is 5.10 Å². The smallest absolute Gasteiger partial charge is 0.245 e. The summed E-state index contributed by atoms with van der Waals surface area (Å²) in [5.74, 6) is -2.06. The summed E-state index contributed by atoms with van der Waals surface area (Å²) in [4.78, 5) is 4.34. The maximum atomic E-state index is 12.9. The SMILES string of the molecule is C=C/C=C(\C=C/CCC(C)(F)F)n1cnc(C2=CCCC(N)C=C2)n1. The molecule has 1 aliphatic rings. The van der Waals surface area contributed by atoms with Gasteiger partial charge >= 0.3 is 0 Å². The minimum Gasteiger partial charge on any atom is -0.324 e. The number of halogens is 2.